The molecule has 9 rings (SSSR count). The fourth-order valence-electron chi connectivity index (χ4n) is 9.30. The number of fused-ring (bicyclic) bond motifs is 4. The predicted molar refractivity (Wildman–Crippen MR) is 289 cm³/mol. The van der Waals surface area contributed by atoms with E-state index in [0.717, 1.165) is 28.2 Å². The summed E-state index contributed by atoms with van der Waals surface area (Å²) in [5.41, 5.74) is 4.12. The van der Waals surface area contributed by atoms with Crippen LogP contribution in [-0.4, -0.2) is 63.2 Å². The molecule has 0 spiro atoms. The van der Waals surface area contributed by atoms with Crippen LogP contribution in [0, 0.1) is 13.8 Å². The Hall–Kier alpha value is -8.99. The highest BCUT2D eigenvalue weighted by atomic mass is 35.5. The third-order valence-corrected chi connectivity index (χ3v) is 13.6. The number of amides is 2. The summed E-state index contributed by atoms with van der Waals surface area (Å²) < 4.78 is 12.6. The molecule has 8 N–H and O–H groups in total. The number of hydrogen-bond donors (Lipinski definition) is 8. The second kappa shape index (κ2) is 21.5. The van der Waals surface area contributed by atoms with Gasteiger partial charge in [-0.3, -0.25) is 14.4 Å². The summed E-state index contributed by atoms with van der Waals surface area (Å²) >= 11 is 14.0. The van der Waals surface area contributed by atoms with Crippen molar-refractivity contribution in [2.75, 3.05) is 18.4 Å². The van der Waals surface area contributed by atoms with Crippen LogP contribution in [0.15, 0.2) is 117 Å². The summed E-state index contributed by atoms with van der Waals surface area (Å²) in [5.74, 6) is -5.18. The van der Waals surface area contributed by atoms with E-state index in [0.29, 0.717) is 52.1 Å². The lowest BCUT2D eigenvalue weighted by atomic mass is 9.88. The number of benzene rings is 7. The Bertz CT molecular complexity index is 3960. The number of halogens is 2. The Morgan fingerprint density at radius 1 is 0.632 bits per heavy atom. The lowest BCUT2D eigenvalue weighted by Crippen LogP contribution is -2.76. The number of carboxylic acids is 3. The first kappa shape index (κ1) is 53.3. The molecule has 5 aromatic carbocycles. The van der Waals surface area contributed by atoms with Crippen molar-refractivity contribution in [1.29, 1.82) is 0 Å². The van der Waals surface area contributed by atoms with Gasteiger partial charge < -0.3 is 45.2 Å². The van der Waals surface area contributed by atoms with E-state index in [1.54, 1.807) is 12.1 Å². The Balaban J connectivity index is 0.00000765. The van der Waals surface area contributed by atoms with E-state index in [9.17, 15) is 49.2 Å². The summed E-state index contributed by atoms with van der Waals surface area (Å²) in [6.07, 6.45) is 0. The number of carbonyl (C=O) groups excluding carboxylic acids is 2. The summed E-state index contributed by atoms with van der Waals surface area (Å²) in [7, 11) is 0. The molecule has 2 aliphatic heterocycles. The maximum absolute atomic E-state index is 13.9. The normalized spacial score (nSPS) is 11.5. The van der Waals surface area contributed by atoms with Crippen LogP contribution in [0.1, 0.15) is 95.3 Å². The zero-order chi connectivity index (χ0) is 53.6. The van der Waals surface area contributed by atoms with E-state index in [-0.39, 0.29) is 103 Å². The summed E-state index contributed by atoms with van der Waals surface area (Å²) in [5, 5.41) is 52.0. The molecule has 76 heavy (non-hydrogen) atoms. The lowest BCUT2D eigenvalue weighted by molar-refractivity contribution is -0.496. The summed E-state index contributed by atoms with van der Waals surface area (Å²) in [6, 6.07) is 25.2. The molecule has 16 nitrogen and oxygen atoms in total. The number of aromatic carboxylic acids is 3. The third kappa shape index (κ3) is 9.90. The topological polar surface area (TPSA) is 260 Å². The smallest absolute Gasteiger partial charge is 0.337 e. The second-order valence-corrected chi connectivity index (χ2v) is 18.4. The molecule has 18 heteroatoms. The molecule has 4 aliphatic rings. The molecule has 0 saturated heterocycles. The molecule has 2 heterocycles. The van der Waals surface area contributed by atoms with Crippen molar-refractivity contribution < 1.29 is 58.2 Å². The number of carboxylic acid groups (broad SMARTS) is 3. The van der Waals surface area contributed by atoms with Gasteiger partial charge >= 0.3 is 17.9 Å². The highest BCUT2D eigenvalue weighted by Crippen LogP contribution is 2.48. The van der Waals surface area contributed by atoms with Crippen molar-refractivity contribution in [1.82, 2.24) is 10.6 Å². The van der Waals surface area contributed by atoms with Gasteiger partial charge in [-0.15, -0.1) is 0 Å². The number of aromatic hydroxyl groups is 1. The molecule has 386 valence electrons. The van der Waals surface area contributed by atoms with Crippen LogP contribution >= 0.6 is 23.2 Å². The number of carbonyl (C=O) groups is 5. The van der Waals surface area contributed by atoms with Crippen LogP contribution in [0.4, 0.5) is 5.69 Å². The third-order valence-electron chi connectivity index (χ3n) is 12.9. The molecule has 0 saturated carbocycles. The minimum Gasteiger partial charge on any atom is -0.507 e. The first-order chi connectivity index (χ1) is 35.9. The van der Waals surface area contributed by atoms with Gasteiger partial charge in [-0.2, -0.15) is 0 Å². The van der Waals surface area contributed by atoms with Crippen LogP contribution in [0.5, 0.6) is 5.75 Å². The molecule has 0 aromatic heterocycles. The van der Waals surface area contributed by atoms with Crippen LogP contribution in [0.2, 0.25) is 10.0 Å². The first-order valence-electron chi connectivity index (χ1n) is 23.4. The average Bonchev–Trinajstić information content (AvgIpc) is 3.37. The Morgan fingerprint density at radius 3 is 2.03 bits per heavy atom. The van der Waals surface area contributed by atoms with Gasteiger partial charge in [0.2, 0.25) is 5.36 Å². The summed E-state index contributed by atoms with van der Waals surface area (Å²) in [6.45, 7) is 8.71. The second-order valence-electron chi connectivity index (χ2n) is 17.6. The Labute approximate surface area is 443 Å². The minimum atomic E-state index is -1.41. The van der Waals surface area contributed by atoms with Crippen LogP contribution in [-0.2, 0) is 13.1 Å². The van der Waals surface area contributed by atoms with Crippen molar-refractivity contribution in [3.05, 3.63) is 179 Å². The van der Waals surface area contributed by atoms with Crippen LogP contribution < -0.4 is 31.7 Å². The van der Waals surface area contributed by atoms with Gasteiger partial charge in [0.25, 0.3) is 11.8 Å². The molecule has 5 aromatic rings. The van der Waals surface area contributed by atoms with Crippen molar-refractivity contribution in [3.8, 4) is 50.7 Å². The van der Waals surface area contributed by atoms with Crippen molar-refractivity contribution in [2.45, 2.75) is 48.2 Å². The fraction of sp³-hybridized carbons (Fsp3) is 0.155. The van der Waals surface area contributed by atoms with E-state index in [1.807, 2.05) is 52.0 Å². The quantitative estimate of drug-likeness (QED) is 0.0472. The number of hydrogen-bond acceptors (Lipinski definition) is 10. The highest BCUT2D eigenvalue weighted by molar-refractivity contribution is 6.41. The predicted octanol–water partition coefficient (Wildman–Crippen LogP) is 9.74. The first-order valence-corrected chi connectivity index (χ1v) is 24.2. The van der Waals surface area contributed by atoms with Gasteiger partial charge in [0.15, 0.2) is 5.43 Å². The molecular formula is C58H49Cl2N4O12+. The minimum absolute atomic E-state index is 0. The molecule has 0 atom stereocenters. The molecule has 0 fully saturated rings. The van der Waals surface area contributed by atoms with E-state index in [2.05, 4.69) is 20.9 Å². The highest BCUT2D eigenvalue weighted by Gasteiger charge is 2.31. The molecule has 2 amide bonds. The standard InChI is InChI=1S/C57H44Cl2N4O12.CH4/c1-5-60-41-22-45-36(17-26(41)3)48(37-18-27(4)42(61-6-2)23-46(37)74-45)49-40(58)21-38(51(59)50(49)57(72)73)54(67)62-24-28-7-9-29(10-8-28)53(66)63-25-39-43(65)16-15-34-47(33-14-12-31(64)20-44(33)75-52(34)39)35-19-30(55(68)69)11-13-32(35)56(70)71;/h7-23,60,65H,5-6,24-25H2,1-4H3,(H,62,67)(H,63,66)(H,68,69)(H,70,71)(H,72,73);1H4/p+1. The molecule has 0 bridgehead atoms. The van der Waals surface area contributed by atoms with Crippen LogP contribution in [0.3, 0.4) is 0 Å². The van der Waals surface area contributed by atoms with Gasteiger partial charge in [0, 0.05) is 80.6 Å². The molecule has 0 radical (unpaired) electrons. The van der Waals surface area contributed by atoms with E-state index >= 15 is 0 Å². The van der Waals surface area contributed by atoms with Crippen LogP contribution in [0.25, 0.3) is 66.8 Å². The molecule has 2 aliphatic carbocycles. The van der Waals surface area contributed by atoms with Crippen molar-refractivity contribution in [2.24, 2.45) is 0 Å². The van der Waals surface area contributed by atoms with Gasteiger partial charge in [0.1, 0.15) is 35.0 Å². The zero-order valence-corrected chi connectivity index (χ0v) is 42.0. The maximum Gasteiger partial charge on any atom is 0.337 e. The lowest BCUT2D eigenvalue weighted by Gasteiger charge is -2.21. The largest absolute Gasteiger partial charge is 0.507 e. The summed E-state index contributed by atoms with van der Waals surface area (Å²) in [4.78, 5) is 81.1. The van der Waals surface area contributed by atoms with E-state index in [1.165, 1.54) is 60.7 Å². The monoisotopic (exact) mass is 1060 g/mol. The van der Waals surface area contributed by atoms with Crippen molar-refractivity contribution in [3.63, 3.8) is 0 Å². The SMILES string of the molecule is C.CCNc1cc2oc3cc(=[NH+]CC)c(C)cc-3c(-c3c(Cl)cc(C(=O)NCc4ccc(C(=O)NCc5c(O)ccc6c(-c7cc(C(=O)O)ccc7C(=O)O)c7ccc(=O)cc-7oc56)cc4)c(Cl)c3C(=O)O)c2cc1C. The number of aryl methyl sites for hydroxylation is 2. The zero-order valence-electron chi connectivity index (χ0n) is 40.5. The Morgan fingerprint density at radius 2 is 1.34 bits per heavy atom. The van der Waals surface area contributed by atoms with Crippen molar-refractivity contribution >= 4 is 80.6 Å². The fourth-order valence-corrected chi connectivity index (χ4v) is 9.91. The number of phenols is 1. The Kier molecular flexibility index (Phi) is 15.1. The maximum atomic E-state index is 13.9. The number of nitrogens with one attached hydrogen (secondary N) is 4. The van der Waals surface area contributed by atoms with Gasteiger partial charge in [-0.1, -0.05) is 42.8 Å². The van der Waals surface area contributed by atoms with Gasteiger partial charge in [-0.05, 0) is 117 Å². The van der Waals surface area contributed by atoms with Gasteiger partial charge in [-0.25, -0.2) is 19.4 Å². The number of phenolic OH excluding ortho intramolecular Hbond substituents is 1. The number of rotatable bonds is 14. The average molecular weight is 1060 g/mol. The number of anilines is 1. The van der Waals surface area contributed by atoms with E-state index in [4.69, 9.17) is 32.0 Å². The van der Waals surface area contributed by atoms with E-state index < -0.39 is 35.2 Å². The van der Waals surface area contributed by atoms with Gasteiger partial charge in [0.05, 0.1) is 50.5 Å². The molecule has 0 unspecified atom stereocenters. The molecular weight excluding hydrogens is 1020 g/mol.